The van der Waals surface area contributed by atoms with E-state index in [0.29, 0.717) is 16.6 Å². The van der Waals surface area contributed by atoms with Gasteiger partial charge in [0.25, 0.3) is 0 Å². The minimum Gasteiger partial charge on any atom is -0.505 e. The quantitative estimate of drug-likeness (QED) is 0.743. The van der Waals surface area contributed by atoms with Gasteiger partial charge in [-0.05, 0) is 28.1 Å². The maximum absolute atomic E-state index is 11.9. The van der Waals surface area contributed by atoms with E-state index in [0.717, 1.165) is 18.1 Å². The zero-order valence-electron chi connectivity index (χ0n) is 9.78. The second-order valence-electron chi connectivity index (χ2n) is 4.11. The van der Waals surface area contributed by atoms with E-state index in [1.54, 1.807) is 18.2 Å². The van der Waals surface area contributed by atoms with Gasteiger partial charge in [0.15, 0.2) is 5.75 Å². The summed E-state index contributed by atoms with van der Waals surface area (Å²) in [7, 11) is 0. The Labute approximate surface area is 119 Å². The van der Waals surface area contributed by atoms with Crippen molar-refractivity contribution in [2.75, 3.05) is 23.4 Å². The summed E-state index contributed by atoms with van der Waals surface area (Å²) in [5.74, 6) is 2.04. The SMILES string of the molecule is O=C(CC1CSCCN1)Nc1cccc(Br)c1O. The molecule has 1 aliphatic rings. The lowest BCUT2D eigenvalue weighted by Crippen LogP contribution is -2.39. The van der Waals surface area contributed by atoms with Gasteiger partial charge in [0.05, 0.1) is 10.2 Å². The molecule has 1 aromatic carbocycles. The zero-order valence-corrected chi connectivity index (χ0v) is 12.2. The summed E-state index contributed by atoms with van der Waals surface area (Å²) in [5.41, 5.74) is 0.442. The van der Waals surface area contributed by atoms with Crippen LogP contribution in [0.2, 0.25) is 0 Å². The number of hydrogen-bond donors (Lipinski definition) is 3. The number of benzene rings is 1. The van der Waals surface area contributed by atoms with Crippen molar-refractivity contribution in [3.05, 3.63) is 22.7 Å². The number of halogens is 1. The first-order chi connectivity index (χ1) is 8.66. The molecule has 4 nitrogen and oxygen atoms in total. The third-order valence-corrected chi connectivity index (χ3v) is 4.46. The highest BCUT2D eigenvalue weighted by molar-refractivity contribution is 9.10. The number of thioether (sulfide) groups is 1. The molecule has 0 radical (unpaired) electrons. The summed E-state index contributed by atoms with van der Waals surface area (Å²) >= 11 is 5.08. The number of phenolic OH excluding ortho intramolecular Hbond substituents is 1. The van der Waals surface area contributed by atoms with Crippen LogP contribution in [0.3, 0.4) is 0 Å². The Bertz CT molecular complexity index is 436. The van der Waals surface area contributed by atoms with Gasteiger partial charge in [0.1, 0.15) is 0 Å². The van der Waals surface area contributed by atoms with Crippen LogP contribution < -0.4 is 10.6 Å². The molecule has 1 amide bonds. The van der Waals surface area contributed by atoms with E-state index in [-0.39, 0.29) is 17.7 Å². The van der Waals surface area contributed by atoms with Gasteiger partial charge in [0, 0.05) is 30.5 Å². The van der Waals surface area contributed by atoms with Crippen molar-refractivity contribution in [1.82, 2.24) is 5.32 Å². The summed E-state index contributed by atoms with van der Waals surface area (Å²) in [6, 6.07) is 5.40. The summed E-state index contributed by atoms with van der Waals surface area (Å²) in [5, 5.41) is 15.8. The smallest absolute Gasteiger partial charge is 0.226 e. The molecule has 0 aromatic heterocycles. The number of carbonyl (C=O) groups excluding carboxylic acids is 1. The van der Waals surface area contributed by atoms with E-state index in [1.807, 2.05) is 11.8 Å². The van der Waals surface area contributed by atoms with Gasteiger partial charge in [-0.1, -0.05) is 6.07 Å². The van der Waals surface area contributed by atoms with Crippen molar-refractivity contribution in [3.8, 4) is 5.75 Å². The van der Waals surface area contributed by atoms with Gasteiger partial charge in [0.2, 0.25) is 5.91 Å². The summed E-state index contributed by atoms with van der Waals surface area (Å²) in [6.45, 7) is 0.949. The number of rotatable bonds is 3. The van der Waals surface area contributed by atoms with Crippen LogP contribution >= 0.6 is 27.7 Å². The van der Waals surface area contributed by atoms with Crippen LogP contribution in [0.1, 0.15) is 6.42 Å². The molecule has 0 spiro atoms. The minimum absolute atomic E-state index is 0.0665. The average Bonchev–Trinajstić information content (AvgIpc) is 2.36. The average molecular weight is 331 g/mol. The van der Waals surface area contributed by atoms with E-state index >= 15 is 0 Å². The summed E-state index contributed by atoms with van der Waals surface area (Å²) in [4.78, 5) is 11.9. The van der Waals surface area contributed by atoms with E-state index < -0.39 is 0 Å². The molecule has 1 fully saturated rings. The fourth-order valence-electron chi connectivity index (χ4n) is 1.79. The zero-order chi connectivity index (χ0) is 13.0. The number of amides is 1. The lowest BCUT2D eigenvalue weighted by Gasteiger charge is -2.22. The Balaban J connectivity index is 1.92. The van der Waals surface area contributed by atoms with Crippen molar-refractivity contribution in [2.24, 2.45) is 0 Å². The van der Waals surface area contributed by atoms with Gasteiger partial charge >= 0.3 is 0 Å². The predicted octanol–water partition coefficient (Wildman–Crippen LogP) is 2.19. The Morgan fingerprint density at radius 2 is 2.44 bits per heavy atom. The number of hydrogen-bond acceptors (Lipinski definition) is 4. The summed E-state index contributed by atoms with van der Waals surface area (Å²) in [6.07, 6.45) is 0.430. The van der Waals surface area contributed by atoms with E-state index in [1.165, 1.54) is 0 Å². The van der Waals surface area contributed by atoms with Gasteiger partial charge in [-0.15, -0.1) is 0 Å². The molecule has 2 rings (SSSR count). The molecule has 98 valence electrons. The van der Waals surface area contributed by atoms with Crippen LogP contribution in [0.4, 0.5) is 5.69 Å². The number of carbonyl (C=O) groups is 1. The molecule has 3 N–H and O–H groups in total. The van der Waals surface area contributed by atoms with Crippen molar-refractivity contribution < 1.29 is 9.90 Å². The molecule has 6 heteroatoms. The third-order valence-electron chi connectivity index (χ3n) is 2.69. The van der Waals surface area contributed by atoms with Crippen LogP contribution in [-0.2, 0) is 4.79 Å². The van der Waals surface area contributed by atoms with Crippen LogP contribution in [0.25, 0.3) is 0 Å². The third kappa shape index (κ3) is 3.63. The molecule has 18 heavy (non-hydrogen) atoms. The van der Waals surface area contributed by atoms with Gasteiger partial charge in [-0.3, -0.25) is 4.79 Å². The maximum Gasteiger partial charge on any atom is 0.226 e. The largest absolute Gasteiger partial charge is 0.505 e. The van der Waals surface area contributed by atoms with E-state index in [9.17, 15) is 9.90 Å². The van der Waals surface area contributed by atoms with Crippen molar-refractivity contribution in [3.63, 3.8) is 0 Å². The highest BCUT2D eigenvalue weighted by Gasteiger charge is 2.17. The molecular formula is C12H15BrN2O2S. The molecule has 1 saturated heterocycles. The Kier molecular flexibility index (Phi) is 4.91. The molecule has 0 aliphatic carbocycles. The molecule has 1 aliphatic heterocycles. The summed E-state index contributed by atoms with van der Waals surface area (Å²) < 4.78 is 0.576. The molecule has 1 atom stereocenters. The van der Waals surface area contributed by atoms with Crippen molar-refractivity contribution in [1.29, 1.82) is 0 Å². The molecule has 1 aromatic rings. The Morgan fingerprint density at radius 3 is 3.17 bits per heavy atom. The Hall–Kier alpha value is -0.720. The first-order valence-electron chi connectivity index (χ1n) is 5.75. The predicted molar refractivity (Wildman–Crippen MR) is 78.2 cm³/mol. The van der Waals surface area contributed by atoms with Crippen LogP contribution in [0, 0.1) is 0 Å². The number of phenols is 1. The number of anilines is 1. The standard InChI is InChI=1S/C12H15BrN2O2S/c13-9-2-1-3-10(12(9)17)15-11(16)6-8-7-18-5-4-14-8/h1-3,8,14,17H,4-7H2,(H,15,16). The second kappa shape index (κ2) is 6.45. The monoisotopic (exact) mass is 330 g/mol. The molecular weight excluding hydrogens is 316 g/mol. The first-order valence-corrected chi connectivity index (χ1v) is 7.70. The van der Waals surface area contributed by atoms with Crippen molar-refractivity contribution in [2.45, 2.75) is 12.5 Å². The van der Waals surface area contributed by atoms with Crippen molar-refractivity contribution >= 4 is 39.3 Å². The number of nitrogens with one attached hydrogen (secondary N) is 2. The van der Waals surface area contributed by atoms with Crippen LogP contribution in [0.5, 0.6) is 5.75 Å². The number of para-hydroxylation sites is 1. The normalized spacial score (nSPS) is 19.5. The highest BCUT2D eigenvalue weighted by atomic mass is 79.9. The Morgan fingerprint density at radius 1 is 1.61 bits per heavy atom. The lowest BCUT2D eigenvalue weighted by atomic mass is 10.2. The van der Waals surface area contributed by atoms with E-state index in [2.05, 4.69) is 26.6 Å². The van der Waals surface area contributed by atoms with Crippen LogP contribution in [0.15, 0.2) is 22.7 Å². The fourth-order valence-corrected chi connectivity index (χ4v) is 3.11. The first kappa shape index (κ1) is 13.7. The molecule has 0 bridgehead atoms. The van der Waals surface area contributed by atoms with Gasteiger partial charge in [-0.25, -0.2) is 0 Å². The molecule has 0 saturated carbocycles. The number of aromatic hydroxyl groups is 1. The second-order valence-corrected chi connectivity index (χ2v) is 6.12. The fraction of sp³-hybridized carbons (Fsp3) is 0.417. The highest BCUT2D eigenvalue weighted by Crippen LogP contribution is 2.31. The molecule has 1 heterocycles. The van der Waals surface area contributed by atoms with Gasteiger partial charge < -0.3 is 15.7 Å². The molecule has 1 unspecified atom stereocenters. The maximum atomic E-state index is 11.9. The van der Waals surface area contributed by atoms with Crippen LogP contribution in [-0.4, -0.2) is 35.1 Å². The topological polar surface area (TPSA) is 61.4 Å². The van der Waals surface area contributed by atoms with Gasteiger partial charge in [-0.2, -0.15) is 11.8 Å². The minimum atomic E-state index is -0.0802. The lowest BCUT2D eigenvalue weighted by molar-refractivity contribution is -0.116. The van der Waals surface area contributed by atoms with E-state index in [4.69, 9.17) is 0 Å².